The van der Waals surface area contributed by atoms with E-state index in [1.165, 1.54) is 0 Å². The fraction of sp³-hybridized carbons (Fsp3) is 0.235. The van der Waals surface area contributed by atoms with Crippen LogP contribution in [0.2, 0.25) is 0 Å². The summed E-state index contributed by atoms with van der Waals surface area (Å²) < 4.78 is 16.2. The van der Waals surface area contributed by atoms with Crippen molar-refractivity contribution < 1.29 is 19.0 Å². The molecule has 0 spiro atoms. The monoisotopic (exact) mass is 301 g/mol. The lowest BCUT2D eigenvalue weighted by Crippen LogP contribution is -2.13. The van der Waals surface area contributed by atoms with Crippen LogP contribution >= 0.6 is 0 Å². The predicted molar refractivity (Wildman–Crippen MR) is 83.6 cm³/mol. The number of carbonyl (C=O) groups excluding carboxylic acids is 1. The fourth-order valence-corrected chi connectivity index (χ4v) is 2.13. The van der Waals surface area contributed by atoms with Gasteiger partial charge in [-0.3, -0.25) is 4.79 Å². The molecule has 1 amide bonds. The molecule has 0 aromatic heterocycles. The second-order valence-corrected chi connectivity index (χ2v) is 4.83. The third-order valence-electron chi connectivity index (χ3n) is 3.27. The lowest BCUT2D eigenvalue weighted by Gasteiger charge is -2.13. The molecule has 0 radical (unpaired) electrons. The van der Waals surface area contributed by atoms with E-state index < -0.39 is 5.91 Å². The Morgan fingerprint density at radius 3 is 2.45 bits per heavy atom. The van der Waals surface area contributed by atoms with Crippen LogP contribution in [0.3, 0.4) is 0 Å². The molecule has 0 unspecified atom stereocenters. The molecule has 0 atom stereocenters. The first-order valence-corrected chi connectivity index (χ1v) is 6.79. The molecule has 0 aliphatic carbocycles. The molecule has 0 fully saturated rings. The topological polar surface area (TPSA) is 70.8 Å². The number of hydrogen-bond acceptors (Lipinski definition) is 4. The van der Waals surface area contributed by atoms with E-state index in [0.29, 0.717) is 17.1 Å². The molecule has 116 valence electrons. The molecule has 0 saturated carbocycles. The summed E-state index contributed by atoms with van der Waals surface area (Å²) in [5.74, 6) is 1.16. The van der Waals surface area contributed by atoms with Crippen molar-refractivity contribution in [1.29, 1.82) is 0 Å². The molecule has 0 aliphatic rings. The van der Waals surface area contributed by atoms with Crippen molar-refractivity contribution in [2.45, 2.75) is 13.5 Å². The molecule has 2 N–H and O–H groups in total. The van der Waals surface area contributed by atoms with Crippen LogP contribution in [0.4, 0.5) is 0 Å². The van der Waals surface area contributed by atoms with Gasteiger partial charge in [-0.25, -0.2) is 0 Å². The first-order valence-electron chi connectivity index (χ1n) is 6.79. The number of carbonyl (C=O) groups is 1. The summed E-state index contributed by atoms with van der Waals surface area (Å²) in [6.45, 7) is 2.25. The quantitative estimate of drug-likeness (QED) is 0.890. The summed E-state index contributed by atoms with van der Waals surface area (Å²) in [6, 6.07) is 10.7. The van der Waals surface area contributed by atoms with Crippen LogP contribution in [0.15, 0.2) is 36.4 Å². The van der Waals surface area contributed by atoms with Gasteiger partial charge in [0, 0.05) is 11.6 Å². The van der Waals surface area contributed by atoms with Gasteiger partial charge in [-0.05, 0) is 31.2 Å². The summed E-state index contributed by atoms with van der Waals surface area (Å²) in [5, 5.41) is 0. The molecule has 2 aromatic rings. The van der Waals surface area contributed by atoms with Gasteiger partial charge in [0.05, 0.1) is 19.8 Å². The lowest BCUT2D eigenvalue weighted by molar-refractivity contribution is 0.0996. The Balaban J connectivity index is 2.27. The van der Waals surface area contributed by atoms with E-state index >= 15 is 0 Å². The standard InChI is InChI=1S/C17H19NO4/c1-11-4-7-15(21-3)12(8-11)10-22-16-9-13(20-2)5-6-14(16)17(18)19/h4-9H,10H2,1-3H3,(H2,18,19). The van der Waals surface area contributed by atoms with Crippen molar-refractivity contribution in [1.82, 2.24) is 0 Å². The first-order chi connectivity index (χ1) is 10.5. The SMILES string of the molecule is COc1ccc(C(N)=O)c(OCc2cc(C)ccc2OC)c1. The number of amides is 1. The van der Waals surface area contributed by atoms with Crippen LogP contribution in [-0.4, -0.2) is 20.1 Å². The van der Waals surface area contributed by atoms with Crippen LogP contribution in [-0.2, 0) is 6.61 Å². The van der Waals surface area contributed by atoms with Gasteiger partial charge >= 0.3 is 0 Å². The number of ether oxygens (including phenoxy) is 3. The van der Waals surface area contributed by atoms with Crippen molar-refractivity contribution in [2.24, 2.45) is 5.73 Å². The lowest BCUT2D eigenvalue weighted by atomic mass is 10.1. The molecule has 5 nitrogen and oxygen atoms in total. The zero-order valence-electron chi connectivity index (χ0n) is 12.9. The number of primary amides is 1. The Hall–Kier alpha value is -2.69. The molecule has 2 rings (SSSR count). The van der Waals surface area contributed by atoms with Crippen LogP contribution in [0.1, 0.15) is 21.5 Å². The van der Waals surface area contributed by atoms with E-state index in [9.17, 15) is 4.79 Å². The first kappa shape index (κ1) is 15.7. The second-order valence-electron chi connectivity index (χ2n) is 4.83. The molecule has 0 saturated heterocycles. The molecule has 5 heteroatoms. The number of benzene rings is 2. The molecule has 2 aromatic carbocycles. The summed E-state index contributed by atoms with van der Waals surface area (Å²) in [7, 11) is 3.15. The highest BCUT2D eigenvalue weighted by atomic mass is 16.5. The Labute approximate surface area is 129 Å². The maximum Gasteiger partial charge on any atom is 0.252 e. The van der Waals surface area contributed by atoms with Gasteiger partial charge in [0.15, 0.2) is 0 Å². The number of aryl methyl sites for hydroxylation is 1. The maximum absolute atomic E-state index is 11.5. The van der Waals surface area contributed by atoms with Gasteiger partial charge < -0.3 is 19.9 Å². The molecule has 0 heterocycles. The van der Waals surface area contributed by atoms with E-state index in [0.717, 1.165) is 16.9 Å². The van der Waals surface area contributed by atoms with Crippen molar-refractivity contribution in [2.75, 3.05) is 14.2 Å². The molecule has 0 aliphatic heterocycles. The Kier molecular flexibility index (Phi) is 4.88. The number of hydrogen-bond donors (Lipinski definition) is 1. The van der Waals surface area contributed by atoms with E-state index in [1.807, 2.05) is 25.1 Å². The van der Waals surface area contributed by atoms with E-state index in [4.69, 9.17) is 19.9 Å². The highest BCUT2D eigenvalue weighted by molar-refractivity contribution is 5.95. The van der Waals surface area contributed by atoms with Gasteiger partial charge in [-0.1, -0.05) is 11.6 Å². The minimum absolute atomic E-state index is 0.262. The maximum atomic E-state index is 11.5. The van der Waals surface area contributed by atoms with Crippen LogP contribution < -0.4 is 19.9 Å². The van der Waals surface area contributed by atoms with E-state index in [2.05, 4.69) is 0 Å². The van der Waals surface area contributed by atoms with Gasteiger partial charge in [0.1, 0.15) is 23.9 Å². The zero-order valence-corrected chi connectivity index (χ0v) is 12.9. The molecular formula is C17H19NO4. The van der Waals surface area contributed by atoms with Crippen LogP contribution in [0.5, 0.6) is 17.2 Å². The third kappa shape index (κ3) is 3.49. The average Bonchev–Trinajstić information content (AvgIpc) is 2.52. The Morgan fingerprint density at radius 2 is 1.82 bits per heavy atom. The third-order valence-corrected chi connectivity index (χ3v) is 3.27. The van der Waals surface area contributed by atoms with Crippen LogP contribution in [0.25, 0.3) is 0 Å². The van der Waals surface area contributed by atoms with Gasteiger partial charge in [-0.15, -0.1) is 0 Å². The smallest absolute Gasteiger partial charge is 0.252 e. The molecular weight excluding hydrogens is 282 g/mol. The second kappa shape index (κ2) is 6.85. The van der Waals surface area contributed by atoms with E-state index in [-0.39, 0.29) is 6.61 Å². The number of rotatable bonds is 6. The summed E-state index contributed by atoms with van der Waals surface area (Å²) in [6.07, 6.45) is 0. The van der Waals surface area contributed by atoms with Crippen molar-refractivity contribution in [3.8, 4) is 17.2 Å². The Bertz CT molecular complexity index is 682. The Morgan fingerprint density at radius 1 is 1.05 bits per heavy atom. The van der Waals surface area contributed by atoms with Crippen LogP contribution in [0, 0.1) is 6.92 Å². The van der Waals surface area contributed by atoms with Crippen molar-refractivity contribution in [3.63, 3.8) is 0 Å². The largest absolute Gasteiger partial charge is 0.497 e. The summed E-state index contributed by atoms with van der Waals surface area (Å²) >= 11 is 0. The van der Waals surface area contributed by atoms with Gasteiger partial charge in [-0.2, -0.15) is 0 Å². The zero-order chi connectivity index (χ0) is 16.1. The normalized spacial score (nSPS) is 10.1. The average molecular weight is 301 g/mol. The van der Waals surface area contributed by atoms with Gasteiger partial charge in [0.25, 0.3) is 5.91 Å². The molecule has 22 heavy (non-hydrogen) atoms. The van der Waals surface area contributed by atoms with Crippen molar-refractivity contribution >= 4 is 5.91 Å². The number of methoxy groups -OCH3 is 2. The fourth-order valence-electron chi connectivity index (χ4n) is 2.13. The molecule has 0 bridgehead atoms. The number of nitrogens with two attached hydrogens (primary N) is 1. The summed E-state index contributed by atoms with van der Waals surface area (Å²) in [5.41, 5.74) is 7.67. The van der Waals surface area contributed by atoms with Gasteiger partial charge in [0.2, 0.25) is 0 Å². The minimum Gasteiger partial charge on any atom is -0.497 e. The van der Waals surface area contributed by atoms with E-state index in [1.54, 1.807) is 32.4 Å². The minimum atomic E-state index is -0.547. The highest BCUT2D eigenvalue weighted by Gasteiger charge is 2.12. The van der Waals surface area contributed by atoms with Crippen molar-refractivity contribution in [3.05, 3.63) is 53.1 Å². The summed E-state index contributed by atoms with van der Waals surface area (Å²) in [4.78, 5) is 11.5. The predicted octanol–water partition coefficient (Wildman–Crippen LogP) is 2.69. The highest BCUT2D eigenvalue weighted by Crippen LogP contribution is 2.27.